The first-order valence-corrected chi connectivity index (χ1v) is 12.4. The summed E-state index contributed by atoms with van der Waals surface area (Å²) in [5.74, 6) is 1.64. The van der Waals surface area contributed by atoms with Crippen molar-refractivity contribution < 1.29 is 14.3 Å². The van der Waals surface area contributed by atoms with E-state index in [1.54, 1.807) is 18.2 Å². The van der Waals surface area contributed by atoms with Crippen molar-refractivity contribution in [1.29, 1.82) is 0 Å². The number of imidazole rings is 1. The highest BCUT2D eigenvalue weighted by atomic mass is 16.5. The second-order valence-corrected chi connectivity index (χ2v) is 8.66. The van der Waals surface area contributed by atoms with Gasteiger partial charge in [-0.3, -0.25) is 0 Å². The van der Waals surface area contributed by atoms with Crippen molar-refractivity contribution in [3.05, 3.63) is 120 Å². The Bertz CT molecular complexity index is 1520. The van der Waals surface area contributed by atoms with Gasteiger partial charge in [-0.2, -0.15) is 0 Å². The number of nitrogens with zero attached hydrogens (tertiary/aromatic N) is 2. The number of benzene rings is 4. The van der Waals surface area contributed by atoms with Gasteiger partial charge in [-0.1, -0.05) is 67.6 Å². The molecular formula is C32H28N2O3. The third kappa shape index (κ3) is 5.78. The fourth-order valence-corrected chi connectivity index (χ4v) is 4.16. The molecular weight excluding hydrogens is 460 g/mol. The van der Waals surface area contributed by atoms with E-state index < -0.39 is 5.97 Å². The Labute approximate surface area is 216 Å². The van der Waals surface area contributed by atoms with Gasteiger partial charge in [-0.15, -0.1) is 0 Å². The maximum absolute atomic E-state index is 12.5. The molecule has 0 aliphatic carbocycles. The van der Waals surface area contributed by atoms with Gasteiger partial charge in [0.2, 0.25) is 0 Å². The molecule has 5 rings (SSSR count). The number of hydrogen-bond acceptors (Lipinski definition) is 4. The minimum atomic E-state index is -0.450. The molecule has 4 aromatic carbocycles. The van der Waals surface area contributed by atoms with E-state index >= 15 is 0 Å². The van der Waals surface area contributed by atoms with Crippen LogP contribution in [0.15, 0.2) is 109 Å². The third-order valence-corrected chi connectivity index (χ3v) is 5.95. The fraction of sp³-hybridized carbons (Fsp3) is 0.125. The average molecular weight is 489 g/mol. The number of carbonyl (C=O) groups excluding carboxylic acids is 1. The predicted molar refractivity (Wildman–Crippen MR) is 148 cm³/mol. The van der Waals surface area contributed by atoms with E-state index in [2.05, 4.69) is 29.7 Å². The largest absolute Gasteiger partial charge is 0.493 e. The van der Waals surface area contributed by atoms with Gasteiger partial charge in [-0.25, -0.2) is 9.78 Å². The van der Waals surface area contributed by atoms with Crippen molar-refractivity contribution in [2.24, 2.45) is 0 Å². The van der Waals surface area contributed by atoms with Crippen LogP contribution < -0.4 is 9.47 Å². The van der Waals surface area contributed by atoms with Gasteiger partial charge in [0.15, 0.2) is 0 Å². The first-order valence-electron chi connectivity index (χ1n) is 12.4. The van der Waals surface area contributed by atoms with Crippen LogP contribution in [0, 0.1) is 0 Å². The molecule has 0 saturated carbocycles. The number of aromatic nitrogens is 2. The summed E-state index contributed by atoms with van der Waals surface area (Å²) in [5.41, 5.74) is 5.00. The molecule has 0 saturated heterocycles. The van der Waals surface area contributed by atoms with Crippen molar-refractivity contribution in [3.8, 4) is 22.9 Å². The predicted octanol–water partition coefficient (Wildman–Crippen LogP) is 7.16. The Morgan fingerprint density at radius 3 is 2.41 bits per heavy atom. The van der Waals surface area contributed by atoms with Gasteiger partial charge >= 0.3 is 5.97 Å². The lowest BCUT2D eigenvalue weighted by molar-refractivity contribution is -0.128. The minimum absolute atomic E-state index is 0.450. The van der Waals surface area contributed by atoms with Crippen LogP contribution in [0.25, 0.3) is 28.5 Å². The molecule has 1 heterocycles. The Morgan fingerprint density at radius 2 is 1.59 bits per heavy atom. The highest BCUT2D eigenvalue weighted by molar-refractivity contribution is 5.89. The Morgan fingerprint density at radius 1 is 0.865 bits per heavy atom. The molecule has 1 aromatic heterocycles. The number of rotatable bonds is 9. The second kappa shape index (κ2) is 11.4. The summed E-state index contributed by atoms with van der Waals surface area (Å²) in [5, 5.41) is 0. The summed E-state index contributed by atoms with van der Waals surface area (Å²) in [6.45, 7) is 3.39. The molecule has 0 spiro atoms. The SMILES string of the molecule is CCCOc1ccccc1/C=C/C(=O)Oc1ccc(-c2nc3ccccc3n2Cc2ccccc2)cc1. The lowest BCUT2D eigenvalue weighted by Gasteiger charge is -2.10. The highest BCUT2D eigenvalue weighted by Gasteiger charge is 2.13. The summed E-state index contributed by atoms with van der Waals surface area (Å²) in [4.78, 5) is 17.4. The van der Waals surface area contributed by atoms with E-state index in [0.717, 1.165) is 40.2 Å². The van der Waals surface area contributed by atoms with Gasteiger partial charge in [0.25, 0.3) is 0 Å². The molecule has 0 N–H and O–H groups in total. The van der Waals surface area contributed by atoms with E-state index in [9.17, 15) is 4.79 Å². The van der Waals surface area contributed by atoms with Gasteiger partial charge in [0.1, 0.15) is 17.3 Å². The molecule has 37 heavy (non-hydrogen) atoms. The topological polar surface area (TPSA) is 53.4 Å². The summed E-state index contributed by atoms with van der Waals surface area (Å²) in [7, 11) is 0. The first-order chi connectivity index (χ1) is 18.2. The van der Waals surface area contributed by atoms with Crippen LogP contribution in [0.4, 0.5) is 0 Å². The second-order valence-electron chi connectivity index (χ2n) is 8.66. The van der Waals surface area contributed by atoms with Crippen LogP contribution in [0.1, 0.15) is 24.5 Å². The van der Waals surface area contributed by atoms with Gasteiger partial charge < -0.3 is 14.0 Å². The number of hydrogen-bond donors (Lipinski definition) is 0. The first kappa shape index (κ1) is 24.1. The minimum Gasteiger partial charge on any atom is -0.493 e. The molecule has 184 valence electrons. The van der Waals surface area contributed by atoms with Crippen LogP contribution in [0.2, 0.25) is 0 Å². The quantitative estimate of drug-likeness (QED) is 0.125. The molecule has 0 fully saturated rings. The summed E-state index contributed by atoms with van der Waals surface area (Å²) in [6, 6.07) is 33.6. The zero-order chi connectivity index (χ0) is 25.5. The van der Waals surface area contributed by atoms with Gasteiger partial charge in [0.05, 0.1) is 17.6 Å². The van der Waals surface area contributed by atoms with Crippen molar-refractivity contribution in [3.63, 3.8) is 0 Å². The standard InChI is InChI=1S/C32H28N2O3/c1-2-22-36-30-15-9-6-12-25(30)18-21-31(35)37-27-19-16-26(17-20-27)32-33-28-13-7-8-14-29(28)34(32)23-24-10-4-3-5-11-24/h3-21H,2,22-23H2,1H3/b21-18+. The van der Waals surface area contributed by atoms with E-state index in [-0.39, 0.29) is 0 Å². The molecule has 0 atom stereocenters. The molecule has 0 aliphatic heterocycles. The van der Waals surface area contributed by atoms with Crippen molar-refractivity contribution in [2.75, 3.05) is 6.61 Å². The molecule has 5 heteroatoms. The molecule has 0 radical (unpaired) electrons. The lowest BCUT2D eigenvalue weighted by atomic mass is 10.2. The van der Waals surface area contributed by atoms with Crippen LogP contribution >= 0.6 is 0 Å². The van der Waals surface area contributed by atoms with Gasteiger partial charge in [-0.05, 0) is 60.5 Å². The number of carbonyl (C=O) groups is 1. The van der Waals surface area contributed by atoms with E-state index in [0.29, 0.717) is 18.9 Å². The lowest BCUT2D eigenvalue weighted by Crippen LogP contribution is -2.04. The maximum Gasteiger partial charge on any atom is 0.336 e. The number of fused-ring (bicyclic) bond motifs is 1. The normalized spacial score (nSPS) is 11.2. The zero-order valence-corrected chi connectivity index (χ0v) is 20.7. The molecule has 0 unspecified atom stereocenters. The Kier molecular flexibility index (Phi) is 7.42. The van der Waals surface area contributed by atoms with E-state index in [1.165, 1.54) is 11.6 Å². The smallest absolute Gasteiger partial charge is 0.336 e. The van der Waals surface area contributed by atoms with Crippen molar-refractivity contribution in [1.82, 2.24) is 9.55 Å². The number of esters is 1. The van der Waals surface area contributed by atoms with Crippen molar-refractivity contribution in [2.45, 2.75) is 19.9 Å². The zero-order valence-electron chi connectivity index (χ0n) is 20.7. The monoisotopic (exact) mass is 488 g/mol. The van der Waals surface area contributed by atoms with Crippen LogP contribution in [-0.2, 0) is 11.3 Å². The van der Waals surface area contributed by atoms with Crippen LogP contribution in [0.3, 0.4) is 0 Å². The summed E-state index contributed by atoms with van der Waals surface area (Å²) < 4.78 is 13.5. The molecule has 0 aliphatic rings. The number of para-hydroxylation sites is 3. The molecule has 0 bridgehead atoms. The van der Waals surface area contributed by atoms with E-state index in [4.69, 9.17) is 14.5 Å². The summed E-state index contributed by atoms with van der Waals surface area (Å²) >= 11 is 0. The fourth-order valence-electron chi connectivity index (χ4n) is 4.16. The Balaban J connectivity index is 1.33. The third-order valence-electron chi connectivity index (χ3n) is 5.95. The maximum atomic E-state index is 12.5. The highest BCUT2D eigenvalue weighted by Crippen LogP contribution is 2.28. The van der Waals surface area contributed by atoms with Crippen LogP contribution in [0.5, 0.6) is 11.5 Å². The van der Waals surface area contributed by atoms with Crippen LogP contribution in [-0.4, -0.2) is 22.1 Å². The average Bonchev–Trinajstić information content (AvgIpc) is 3.30. The Hall–Kier alpha value is -4.64. The molecule has 5 aromatic rings. The molecule has 0 amide bonds. The van der Waals surface area contributed by atoms with Gasteiger partial charge in [0, 0.05) is 23.7 Å². The molecule has 5 nitrogen and oxygen atoms in total. The number of ether oxygens (including phenoxy) is 2. The summed E-state index contributed by atoms with van der Waals surface area (Å²) in [6.07, 6.45) is 4.05. The van der Waals surface area contributed by atoms with Crippen molar-refractivity contribution >= 4 is 23.1 Å². The van der Waals surface area contributed by atoms with E-state index in [1.807, 2.05) is 72.8 Å².